The van der Waals surface area contributed by atoms with Gasteiger partial charge < -0.3 is 10.1 Å². The molecular formula is C16H18N4O. The summed E-state index contributed by atoms with van der Waals surface area (Å²) in [6, 6.07) is 10.2. The number of methoxy groups -OCH3 is 1. The molecule has 2 aromatic heterocycles. The quantitative estimate of drug-likeness (QED) is 0.799. The zero-order valence-electron chi connectivity index (χ0n) is 12.4. The van der Waals surface area contributed by atoms with Crippen molar-refractivity contribution >= 4 is 16.6 Å². The lowest BCUT2D eigenvalue weighted by Crippen LogP contribution is -2.03. The number of benzene rings is 1. The molecule has 1 aromatic carbocycles. The number of hydrogen-bond acceptors (Lipinski definition) is 4. The highest BCUT2D eigenvalue weighted by Crippen LogP contribution is 2.23. The molecule has 1 N–H and O–H groups in total. The average molecular weight is 282 g/mol. The standard InChI is InChI=1S/C16H18N4O/c1-11-14(16(21-3)20(2)19-11)10-17-13-8-12-6-4-5-7-15(12)18-9-13/h4-9,17H,10H2,1-3H3. The molecule has 21 heavy (non-hydrogen) atoms. The smallest absolute Gasteiger partial charge is 0.216 e. The van der Waals surface area contributed by atoms with Gasteiger partial charge in [0.05, 0.1) is 35.8 Å². The third-order valence-corrected chi connectivity index (χ3v) is 3.54. The minimum Gasteiger partial charge on any atom is -0.481 e. The minimum atomic E-state index is 0.656. The van der Waals surface area contributed by atoms with Gasteiger partial charge in [-0.25, -0.2) is 4.68 Å². The van der Waals surface area contributed by atoms with Crippen LogP contribution in [0, 0.1) is 6.92 Å². The Hall–Kier alpha value is -2.56. The predicted octanol–water partition coefficient (Wildman–Crippen LogP) is 2.90. The van der Waals surface area contributed by atoms with Gasteiger partial charge in [0, 0.05) is 19.0 Å². The summed E-state index contributed by atoms with van der Waals surface area (Å²) < 4.78 is 7.16. The van der Waals surface area contributed by atoms with E-state index < -0.39 is 0 Å². The van der Waals surface area contributed by atoms with Crippen LogP contribution in [-0.4, -0.2) is 21.9 Å². The molecule has 0 unspecified atom stereocenters. The summed E-state index contributed by atoms with van der Waals surface area (Å²) in [7, 11) is 3.55. The van der Waals surface area contributed by atoms with E-state index in [1.807, 2.05) is 38.4 Å². The molecule has 0 spiro atoms. The van der Waals surface area contributed by atoms with E-state index in [4.69, 9.17) is 4.74 Å². The van der Waals surface area contributed by atoms with Crippen LogP contribution in [0.1, 0.15) is 11.3 Å². The Kier molecular flexibility index (Phi) is 3.48. The van der Waals surface area contributed by atoms with Gasteiger partial charge in [0.2, 0.25) is 5.88 Å². The summed E-state index contributed by atoms with van der Waals surface area (Å²) in [6.07, 6.45) is 1.85. The lowest BCUT2D eigenvalue weighted by molar-refractivity contribution is 0.370. The number of nitrogens with zero attached hydrogens (tertiary/aromatic N) is 3. The predicted molar refractivity (Wildman–Crippen MR) is 83.6 cm³/mol. The van der Waals surface area contributed by atoms with Crippen LogP contribution >= 0.6 is 0 Å². The normalized spacial score (nSPS) is 10.8. The van der Waals surface area contributed by atoms with Crippen molar-refractivity contribution < 1.29 is 4.74 Å². The van der Waals surface area contributed by atoms with Crippen molar-refractivity contribution in [3.8, 4) is 5.88 Å². The summed E-state index contributed by atoms with van der Waals surface area (Å²) in [5.74, 6) is 0.786. The van der Waals surface area contributed by atoms with E-state index in [0.717, 1.165) is 33.7 Å². The second kappa shape index (κ2) is 5.44. The van der Waals surface area contributed by atoms with Gasteiger partial charge in [-0.1, -0.05) is 18.2 Å². The molecule has 0 bridgehead atoms. The summed E-state index contributed by atoms with van der Waals surface area (Å²) >= 11 is 0. The summed E-state index contributed by atoms with van der Waals surface area (Å²) in [5, 5.41) is 8.89. The number of rotatable bonds is 4. The zero-order valence-corrected chi connectivity index (χ0v) is 12.4. The number of fused-ring (bicyclic) bond motifs is 1. The van der Waals surface area contributed by atoms with Crippen molar-refractivity contribution in [1.82, 2.24) is 14.8 Å². The highest BCUT2D eigenvalue weighted by molar-refractivity contribution is 5.81. The number of aromatic nitrogens is 3. The molecule has 5 nitrogen and oxygen atoms in total. The van der Waals surface area contributed by atoms with E-state index in [9.17, 15) is 0 Å². The molecule has 0 amide bonds. The monoisotopic (exact) mass is 282 g/mol. The fourth-order valence-electron chi connectivity index (χ4n) is 2.50. The summed E-state index contributed by atoms with van der Waals surface area (Å²) in [6.45, 7) is 2.64. The van der Waals surface area contributed by atoms with E-state index in [1.54, 1.807) is 11.8 Å². The molecule has 0 atom stereocenters. The molecule has 0 radical (unpaired) electrons. The molecular weight excluding hydrogens is 264 g/mol. The molecule has 0 saturated heterocycles. The Labute approximate surface area is 123 Å². The first kappa shape index (κ1) is 13.4. The van der Waals surface area contributed by atoms with Crippen molar-refractivity contribution in [1.29, 1.82) is 0 Å². The molecule has 3 rings (SSSR count). The molecule has 0 aliphatic heterocycles. The van der Waals surface area contributed by atoms with Crippen LogP contribution in [0.5, 0.6) is 5.88 Å². The van der Waals surface area contributed by atoms with E-state index >= 15 is 0 Å². The van der Waals surface area contributed by atoms with Crippen LogP contribution in [0.2, 0.25) is 0 Å². The molecule has 2 heterocycles. The first-order valence-electron chi connectivity index (χ1n) is 6.84. The first-order valence-corrected chi connectivity index (χ1v) is 6.84. The molecule has 0 aliphatic rings. The van der Waals surface area contributed by atoms with Crippen LogP contribution in [0.15, 0.2) is 36.5 Å². The lowest BCUT2D eigenvalue weighted by atomic mass is 10.2. The van der Waals surface area contributed by atoms with Crippen LogP contribution in [0.25, 0.3) is 10.9 Å². The molecule has 5 heteroatoms. The van der Waals surface area contributed by atoms with Crippen molar-refractivity contribution in [3.05, 3.63) is 47.8 Å². The van der Waals surface area contributed by atoms with Crippen molar-refractivity contribution in [2.24, 2.45) is 7.05 Å². The average Bonchev–Trinajstić information content (AvgIpc) is 2.78. The minimum absolute atomic E-state index is 0.656. The van der Waals surface area contributed by atoms with Crippen LogP contribution in [0.3, 0.4) is 0 Å². The van der Waals surface area contributed by atoms with Crippen molar-refractivity contribution in [2.75, 3.05) is 12.4 Å². The van der Waals surface area contributed by atoms with E-state index in [1.165, 1.54) is 0 Å². The summed E-state index contributed by atoms with van der Waals surface area (Å²) in [4.78, 5) is 4.45. The number of anilines is 1. The maximum Gasteiger partial charge on any atom is 0.216 e. The fourth-order valence-corrected chi connectivity index (χ4v) is 2.50. The van der Waals surface area contributed by atoms with E-state index in [2.05, 4.69) is 27.5 Å². The van der Waals surface area contributed by atoms with Crippen LogP contribution in [0.4, 0.5) is 5.69 Å². The molecule has 0 aliphatic carbocycles. The van der Waals surface area contributed by atoms with Gasteiger partial charge in [0.25, 0.3) is 0 Å². The lowest BCUT2D eigenvalue weighted by Gasteiger charge is -2.08. The fraction of sp³-hybridized carbons (Fsp3) is 0.250. The van der Waals surface area contributed by atoms with Gasteiger partial charge in [-0.15, -0.1) is 0 Å². The number of ether oxygens (including phenoxy) is 1. The topological polar surface area (TPSA) is 52.0 Å². The van der Waals surface area contributed by atoms with Gasteiger partial charge >= 0.3 is 0 Å². The number of para-hydroxylation sites is 1. The van der Waals surface area contributed by atoms with Gasteiger partial charge in [0.1, 0.15) is 0 Å². The van der Waals surface area contributed by atoms with Crippen LogP contribution in [-0.2, 0) is 13.6 Å². The van der Waals surface area contributed by atoms with Gasteiger partial charge in [-0.2, -0.15) is 5.10 Å². The van der Waals surface area contributed by atoms with Gasteiger partial charge in [-0.3, -0.25) is 4.98 Å². The third kappa shape index (κ3) is 2.54. The Morgan fingerprint density at radius 3 is 2.90 bits per heavy atom. The second-order valence-electron chi connectivity index (χ2n) is 4.97. The highest BCUT2D eigenvalue weighted by Gasteiger charge is 2.13. The van der Waals surface area contributed by atoms with E-state index in [-0.39, 0.29) is 0 Å². The molecule has 0 saturated carbocycles. The summed E-state index contributed by atoms with van der Waals surface area (Å²) in [5.41, 5.74) is 4.01. The maximum absolute atomic E-state index is 5.40. The van der Waals surface area contributed by atoms with Gasteiger partial charge in [0.15, 0.2) is 0 Å². The Morgan fingerprint density at radius 2 is 2.10 bits per heavy atom. The van der Waals surface area contributed by atoms with Gasteiger partial charge in [-0.05, 0) is 19.1 Å². The Bertz CT molecular complexity index is 779. The second-order valence-corrected chi connectivity index (χ2v) is 4.97. The zero-order chi connectivity index (χ0) is 14.8. The third-order valence-electron chi connectivity index (χ3n) is 3.54. The van der Waals surface area contributed by atoms with E-state index in [0.29, 0.717) is 6.54 Å². The maximum atomic E-state index is 5.40. The molecule has 108 valence electrons. The highest BCUT2D eigenvalue weighted by atomic mass is 16.5. The first-order chi connectivity index (χ1) is 10.2. The number of hydrogen-bond donors (Lipinski definition) is 1. The number of aryl methyl sites for hydroxylation is 2. The van der Waals surface area contributed by atoms with Crippen molar-refractivity contribution in [2.45, 2.75) is 13.5 Å². The number of nitrogens with one attached hydrogen (secondary N) is 1. The molecule has 0 fully saturated rings. The SMILES string of the molecule is COc1c(CNc2cnc3ccccc3c2)c(C)nn1C. The Balaban J connectivity index is 1.83. The molecule has 3 aromatic rings. The number of pyridine rings is 1. The van der Waals surface area contributed by atoms with Crippen LogP contribution < -0.4 is 10.1 Å². The largest absolute Gasteiger partial charge is 0.481 e. The Morgan fingerprint density at radius 1 is 1.29 bits per heavy atom. The van der Waals surface area contributed by atoms with Crippen molar-refractivity contribution in [3.63, 3.8) is 0 Å².